The smallest absolute Gasteiger partial charge is 0.239 e. The Morgan fingerprint density at radius 1 is 1.38 bits per heavy atom. The van der Waals surface area contributed by atoms with Crippen LogP contribution in [-0.4, -0.2) is 24.9 Å². The summed E-state index contributed by atoms with van der Waals surface area (Å²) < 4.78 is 25.2. The molecule has 5 unspecified atom stereocenters. The van der Waals surface area contributed by atoms with E-state index in [0.717, 1.165) is 12.3 Å². The van der Waals surface area contributed by atoms with Gasteiger partial charge in [-0.2, -0.15) is 0 Å². The molecule has 3 aliphatic carbocycles. The van der Waals surface area contributed by atoms with Gasteiger partial charge in [-0.05, 0) is 39.5 Å². The van der Waals surface area contributed by atoms with Gasteiger partial charge in [0.25, 0.3) is 0 Å². The summed E-state index contributed by atoms with van der Waals surface area (Å²) in [5.41, 5.74) is 0.772. The molecular weight excluding hydrogens is 226 g/mol. The molecule has 5 heteroatoms. The van der Waals surface area contributed by atoms with Crippen LogP contribution in [0.3, 0.4) is 0 Å². The first-order valence-corrected chi connectivity index (χ1v) is 7.69. The van der Waals surface area contributed by atoms with Crippen LogP contribution in [0.1, 0.15) is 26.7 Å². The van der Waals surface area contributed by atoms with Crippen LogP contribution in [0.2, 0.25) is 0 Å². The maximum atomic E-state index is 12.0. The Kier molecular flexibility index (Phi) is 1.000. The summed E-state index contributed by atoms with van der Waals surface area (Å²) in [6.07, 6.45) is 2.24. The lowest BCUT2D eigenvalue weighted by atomic mass is 9.93. The van der Waals surface area contributed by atoms with Crippen molar-refractivity contribution in [2.24, 2.45) is 28.1 Å². The lowest BCUT2D eigenvalue weighted by molar-refractivity contribution is 0.277. The minimum absolute atomic E-state index is 0.0941. The van der Waals surface area contributed by atoms with Crippen LogP contribution in [0.25, 0.3) is 0 Å². The van der Waals surface area contributed by atoms with E-state index in [1.807, 2.05) is 0 Å². The molecule has 0 bridgehead atoms. The van der Waals surface area contributed by atoms with Crippen LogP contribution in [0.4, 0.5) is 0 Å². The first kappa shape index (κ1) is 8.89. The van der Waals surface area contributed by atoms with Gasteiger partial charge in [0.15, 0.2) is 6.23 Å². The maximum absolute atomic E-state index is 12.0. The molecule has 5 aliphatic rings. The molecule has 6 atom stereocenters. The molecule has 2 aliphatic heterocycles. The fraction of sp³-hybridized carbons (Fsp3) is 1.00. The highest BCUT2D eigenvalue weighted by Gasteiger charge is 3.02. The molecule has 2 heterocycles. The van der Waals surface area contributed by atoms with E-state index in [4.69, 9.17) is 4.84 Å². The minimum Gasteiger partial charge on any atom is -0.259 e. The molecule has 5 rings (SSSR count). The molecule has 16 heavy (non-hydrogen) atoms. The van der Waals surface area contributed by atoms with Crippen LogP contribution < -0.4 is 0 Å². The van der Waals surface area contributed by atoms with Gasteiger partial charge < -0.3 is 0 Å². The first-order valence-electron chi connectivity index (χ1n) is 6.08. The van der Waals surface area contributed by atoms with Crippen molar-refractivity contribution in [3.8, 4) is 0 Å². The molecule has 88 valence electrons. The van der Waals surface area contributed by atoms with Gasteiger partial charge in [-0.25, -0.2) is 8.42 Å². The molecule has 0 aromatic rings. The molecule has 0 aromatic heterocycles. The highest BCUT2D eigenvalue weighted by atomic mass is 32.2. The number of rotatable bonds is 0. The summed E-state index contributed by atoms with van der Waals surface area (Å²) in [5.74, 6) is 1.61. The third-order valence-corrected chi connectivity index (χ3v) is 8.20. The average molecular weight is 241 g/mol. The number of hydroxylamine groups is 1. The second-order valence-corrected chi connectivity index (χ2v) is 8.64. The number of hydrogen-bond acceptors (Lipinski definition) is 3. The lowest BCUT2D eigenvalue weighted by Gasteiger charge is -2.20. The summed E-state index contributed by atoms with van der Waals surface area (Å²) in [6.45, 7) is 4.63. The van der Waals surface area contributed by atoms with Gasteiger partial charge in [0.05, 0.1) is 5.75 Å². The van der Waals surface area contributed by atoms with Crippen LogP contribution in [0.15, 0.2) is 0 Å². The summed E-state index contributed by atoms with van der Waals surface area (Å²) in [6, 6.07) is 0. The van der Waals surface area contributed by atoms with Gasteiger partial charge >= 0.3 is 0 Å². The van der Waals surface area contributed by atoms with E-state index in [1.165, 1.54) is 10.9 Å². The zero-order chi connectivity index (χ0) is 11.1. The van der Waals surface area contributed by atoms with Crippen molar-refractivity contribution in [1.29, 1.82) is 0 Å². The minimum atomic E-state index is -3.11. The fourth-order valence-corrected chi connectivity index (χ4v) is 8.17. The summed E-state index contributed by atoms with van der Waals surface area (Å²) in [4.78, 5) is 5.31. The van der Waals surface area contributed by atoms with Gasteiger partial charge in [-0.3, -0.25) is 4.84 Å². The van der Waals surface area contributed by atoms with Crippen molar-refractivity contribution in [2.75, 3.05) is 5.75 Å². The third kappa shape index (κ3) is 0.529. The lowest BCUT2D eigenvalue weighted by Crippen LogP contribution is -2.32. The van der Waals surface area contributed by atoms with E-state index in [0.29, 0.717) is 22.5 Å². The quantitative estimate of drug-likeness (QED) is 0.593. The van der Waals surface area contributed by atoms with Crippen LogP contribution in [-0.2, 0) is 14.9 Å². The Labute approximate surface area is 94.9 Å². The number of hydrogen-bond donors (Lipinski definition) is 0. The normalized spacial score (nSPS) is 69.6. The average Bonchev–Trinajstić information content (AvgIpc) is 3.01. The molecule has 0 amide bonds. The molecule has 0 aromatic carbocycles. The van der Waals surface area contributed by atoms with Crippen molar-refractivity contribution in [2.45, 2.75) is 32.9 Å². The van der Waals surface area contributed by atoms with Crippen molar-refractivity contribution in [3.05, 3.63) is 0 Å². The van der Waals surface area contributed by atoms with E-state index in [1.54, 1.807) is 0 Å². The molecule has 0 radical (unpaired) electrons. The predicted molar refractivity (Wildman–Crippen MR) is 55.4 cm³/mol. The Bertz CT molecular complexity index is 541. The Hall–Kier alpha value is -0.130. The zero-order valence-electron chi connectivity index (χ0n) is 9.43. The topological polar surface area (TPSA) is 49.7 Å². The SMILES string of the molecule is CC1(C)C2CCC34CS(=O)(=O)N5O[C@H]5C3C214. The molecule has 3 saturated carbocycles. The second kappa shape index (κ2) is 1.80. The number of fused-ring (bicyclic) bond motifs is 2. The number of sulfonamides is 1. The molecular formula is C11H15NO3S. The third-order valence-electron chi connectivity index (χ3n) is 6.48. The van der Waals surface area contributed by atoms with E-state index in [9.17, 15) is 8.42 Å². The van der Waals surface area contributed by atoms with Gasteiger partial charge in [-0.15, -0.1) is 0 Å². The Morgan fingerprint density at radius 3 is 2.81 bits per heavy atom. The standard InChI is InChI=1S/C11H15NO3S/c1-9(2)6-3-4-10-5-16(13,14)12-8(15-12)7(10)11(6,9)10/h6-8H,3-5H2,1-2H3/t6?,7?,8-,10?,11?,12?/m0/s1. The molecule has 5 fully saturated rings. The molecule has 0 N–H and O–H groups in total. The first-order chi connectivity index (χ1) is 7.40. The van der Waals surface area contributed by atoms with Crippen LogP contribution in [0, 0.1) is 28.1 Å². The maximum Gasteiger partial charge on any atom is 0.239 e. The fourth-order valence-electron chi connectivity index (χ4n) is 6.17. The van der Waals surface area contributed by atoms with E-state index in [2.05, 4.69) is 13.8 Å². The monoisotopic (exact) mass is 241 g/mol. The van der Waals surface area contributed by atoms with Gasteiger partial charge in [0.1, 0.15) is 0 Å². The molecule has 2 saturated heterocycles. The number of nitrogens with zero attached hydrogens (tertiary/aromatic N) is 1. The Balaban J connectivity index is 1.72. The highest BCUT2D eigenvalue weighted by Crippen LogP contribution is 3.01. The largest absolute Gasteiger partial charge is 0.259 e. The van der Waals surface area contributed by atoms with Gasteiger partial charge in [0.2, 0.25) is 10.0 Å². The van der Waals surface area contributed by atoms with Crippen molar-refractivity contribution < 1.29 is 13.3 Å². The summed E-state index contributed by atoms with van der Waals surface area (Å²) in [5, 5.41) is 0. The van der Waals surface area contributed by atoms with E-state index >= 15 is 0 Å². The predicted octanol–water partition coefficient (Wildman–Crippen LogP) is 0.956. The van der Waals surface area contributed by atoms with Crippen molar-refractivity contribution in [1.82, 2.24) is 4.47 Å². The van der Waals surface area contributed by atoms with Gasteiger partial charge in [-0.1, -0.05) is 13.8 Å². The van der Waals surface area contributed by atoms with E-state index in [-0.39, 0.29) is 11.6 Å². The Morgan fingerprint density at radius 2 is 2.12 bits per heavy atom. The summed E-state index contributed by atoms with van der Waals surface area (Å²) in [7, 11) is -3.11. The zero-order valence-corrected chi connectivity index (χ0v) is 10.3. The molecule has 2 spiro atoms. The summed E-state index contributed by atoms with van der Waals surface area (Å²) >= 11 is 0. The highest BCUT2D eigenvalue weighted by molar-refractivity contribution is 7.89. The van der Waals surface area contributed by atoms with Crippen molar-refractivity contribution >= 4 is 10.0 Å². The van der Waals surface area contributed by atoms with Crippen molar-refractivity contribution in [3.63, 3.8) is 0 Å². The molecule has 4 nitrogen and oxygen atoms in total. The van der Waals surface area contributed by atoms with Gasteiger partial charge in [0, 0.05) is 5.92 Å². The van der Waals surface area contributed by atoms with E-state index < -0.39 is 10.0 Å². The second-order valence-electron chi connectivity index (χ2n) is 6.82. The van der Waals surface area contributed by atoms with Crippen LogP contribution in [0.5, 0.6) is 0 Å². The van der Waals surface area contributed by atoms with Crippen LogP contribution >= 0.6 is 0 Å².